The van der Waals surface area contributed by atoms with Crippen LogP contribution in [0.5, 0.6) is 5.75 Å². The summed E-state index contributed by atoms with van der Waals surface area (Å²) < 4.78 is 5.22. The fraction of sp³-hybridized carbons (Fsp3) is 0.217. The molecule has 0 spiro atoms. The largest absolute Gasteiger partial charge is 0.497 e. The number of nitrogens with zero attached hydrogens (tertiary/aromatic N) is 3. The van der Waals surface area contributed by atoms with E-state index in [1.54, 1.807) is 13.3 Å². The normalized spacial score (nSPS) is 10.3. The van der Waals surface area contributed by atoms with Gasteiger partial charge in [0.25, 0.3) is 0 Å². The van der Waals surface area contributed by atoms with Crippen molar-refractivity contribution in [1.29, 1.82) is 0 Å². The van der Waals surface area contributed by atoms with Gasteiger partial charge in [0.15, 0.2) is 5.11 Å². The molecule has 0 radical (unpaired) electrons. The number of pyridine rings is 1. The molecule has 0 fully saturated rings. The second-order valence-electron chi connectivity index (χ2n) is 6.90. The van der Waals surface area contributed by atoms with Crippen LogP contribution in [0.1, 0.15) is 11.3 Å². The SMILES string of the molecule is COc1ccc(NC(=S)N(Cc2ccc(N(C)C)cc2)Cc2ccccn2)cc1. The molecule has 3 rings (SSSR count). The zero-order valence-electron chi connectivity index (χ0n) is 17.0. The number of hydrogen-bond donors (Lipinski definition) is 1. The van der Waals surface area contributed by atoms with E-state index < -0.39 is 0 Å². The lowest BCUT2D eigenvalue weighted by molar-refractivity contribution is 0.407. The van der Waals surface area contributed by atoms with Crippen LogP contribution < -0.4 is 15.0 Å². The molecule has 0 aliphatic rings. The lowest BCUT2D eigenvalue weighted by atomic mass is 10.2. The summed E-state index contributed by atoms with van der Waals surface area (Å²) in [5, 5.41) is 3.98. The second kappa shape index (κ2) is 9.89. The van der Waals surface area contributed by atoms with Crippen molar-refractivity contribution in [3.63, 3.8) is 0 Å². The van der Waals surface area contributed by atoms with Gasteiger partial charge in [-0.3, -0.25) is 4.98 Å². The van der Waals surface area contributed by atoms with Crippen LogP contribution >= 0.6 is 12.2 Å². The van der Waals surface area contributed by atoms with Gasteiger partial charge in [0.05, 0.1) is 19.3 Å². The molecule has 6 heteroatoms. The smallest absolute Gasteiger partial charge is 0.174 e. The van der Waals surface area contributed by atoms with Gasteiger partial charge >= 0.3 is 0 Å². The quantitative estimate of drug-likeness (QED) is 0.580. The van der Waals surface area contributed by atoms with E-state index in [0.29, 0.717) is 18.2 Å². The number of methoxy groups -OCH3 is 1. The maximum Gasteiger partial charge on any atom is 0.174 e. The standard InChI is InChI=1S/C23H26N4OS/c1-26(2)21-11-7-18(8-12-21)16-27(17-20-6-4-5-15-24-20)23(29)25-19-9-13-22(28-3)14-10-19/h4-15H,16-17H2,1-3H3,(H,25,29). The number of nitrogens with one attached hydrogen (secondary N) is 1. The van der Waals surface area contributed by atoms with Gasteiger partial charge in [0.1, 0.15) is 5.75 Å². The van der Waals surface area contributed by atoms with Gasteiger partial charge in [0, 0.05) is 38.2 Å². The highest BCUT2D eigenvalue weighted by molar-refractivity contribution is 7.80. The van der Waals surface area contributed by atoms with E-state index in [4.69, 9.17) is 17.0 Å². The van der Waals surface area contributed by atoms with Gasteiger partial charge in [-0.2, -0.15) is 0 Å². The van der Waals surface area contributed by atoms with E-state index in [1.165, 1.54) is 11.3 Å². The fourth-order valence-corrected chi connectivity index (χ4v) is 3.13. The minimum atomic E-state index is 0.623. The Kier molecular flexibility index (Phi) is 7.03. The molecule has 5 nitrogen and oxygen atoms in total. The summed E-state index contributed by atoms with van der Waals surface area (Å²) in [6, 6.07) is 22.2. The van der Waals surface area contributed by atoms with Crippen LogP contribution in [0.25, 0.3) is 0 Å². The number of hydrogen-bond acceptors (Lipinski definition) is 4. The summed E-state index contributed by atoms with van der Waals surface area (Å²) in [6.07, 6.45) is 1.80. The number of thiocarbonyl (C=S) groups is 1. The van der Waals surface area contributed by atoms with Gasteiger partial charge < -0.3 is 19.9 Å². The fourth-order valence-electron chi connectivity index (χ4n) is 2.88. The summed E-state index contributed by atoms with van der Waals surface area (Å²) in [7, 11) is 5.73. The lowest BCUT2D eigenvalue weighted by Gasteiger charge is -2.26. The summed E-state index contributed by atoms with van der Waals surface area (Å²) in [4.78, 5) is 8.66. The topological polar surface area (TPSA) is 40.6 Å². The highest BCUT2D eigenvalue weighted by Crippen LogP contribution is 2.18. The first-order valence-corrected chi connectivity index (χ1v) is 9.82. The minimum absolute atomic E-state index is 0.623. The van der Waals surface area contributed by atoms with Crippen molar-refractivity contribution < 1.29 is 4.74 Å². The highest BCUT2D eigenvalue weighted by Gasteiger charge is 2.13. The van der Waals surface area contributed by atoms with Crippen LogP contribution in [-0.4, -0.2) is 36.2 Å². The van der Waals surface area contributed by atoms with E-state index in [2.05, 4.69) is 44.4 Å². The van der Waals surface area contributed by atoms with Crippen molar-refractivity contribution in [1.82, 2.24) is 9.88 Å². The molecule has 1 N–H and O–H groups in total. The summed E-state index contributed by atoms with van der Waals surface area (Å²) >= 11 is 5.73. The van der Waals surface area contributed by atoms with Crippen molar-refractivity contribution in [3.05, 3.63) is 84.2 Å². The highest BCUT2D eigenvalue weighted by atomic mass is 32.1. The molecule has 0 amide bonds. The number of rotatable bonds is 7. The second-order valence-corrected chi connectivity index (χ2v) is 7.28. The Morgan fingerprint density at radius 2 is 1.69 bits per heavy atom. The summed E-state index contributed by atoms with van der Waals surface area (Å²) in [6.45, 7) is 1.31. The molecule has 1 heterocycles. The molecule has 0 unspecified atom stereocenters. The molecule has 29 heavy (non-hydrogen) atoms. The Hall–Kier alpha value is -3.12. The molecule has 0 atom stereocenters. The zero-order chi connectivity index (χ0) is 20.6. The zero-order valence-corrected chi connectivity index (χ0v) is 17.8. The number of aromatic nitrogens is 1. The van der Waals surface area contributed by atoms with E-state index in [9.17, 15) is 0 Å². The number of ether oxygens (including phenoxy) is 1. The van der Waals surface area contributed by atoms with Crippen molar-refractivity contribution >= 4 is 28.7 Å². The van der Waals surface area contributed by atoms with Crippen LogP contribution in [0.3, 0.4) is 0 Å². The van der Waals surface area contributed by atoms with Crippen molar-refractivity contribution in [2.75, 3.05) is 31.4 Å². The predicted molar refractivity (Wildman–Crippen MR) is 123 cm³/mol. The van der Waals surface area contributed by atoms with Crippen molar-refractivity contribution in [3.8, 4) is 5.75 Å². The average Bonchev–Trinajstić information content (AvgIpc) is 2.75. The first kappa shape index (κ1) is 20.6. The molecule has 0 saturated heterocycles. The Morgan fingerprint density at radius 1 is 0.966 bits per heavy atom. The van der Waals surface area contributed by atoms with Crippen LogP contribution in [-0.2, 0) is 13.1 Å². The van der Waals surface area contributed by atoms with Gasteiger partial charge in [0.2, 0.25) is 0 Å². The van der Waals surface area contributed by atoms with Gasteiger partial charge in [-0.25, -0.2) is 0 Å². The van der Waals surface area contributed by atoms with E-state index in [-0.39, 0.29) is 0 Å². The van der Waals surface area contributed by atoms with Crippen LogP contribution in [0.15, 0.2) is 72.9 Å². The van der Waals surface area contributed by atoms with E-state index in [0.717, 1.165) is 17.1 Å². The molecule has 0 bridgehead atoms. The maximum absolute atomic E-state index is 5.73. The van der Waals surface area contributed by atoms with E-state index in [1.807, 2.05) is 56.6 Å². The Balaban J connectivity index is 1.76. The summed E-state index contributed by atoms with van der Waals surface area (Å²) in [5.74, 6) is 0.813. The number of benzene rings is 2. The Bertz CT molecular complexity index is 912. The minimum Gasteiger partial charge on any atom is -0.497 e. The lowest BCUT2D eigenvalue weighted by Crippen LogP contribution is -2.34. The molecular formula is C23H26N4OS. The third-order valence-corrected chi connectivity index (χ3v) is 4.89. The van der Waals surface area contributed by atoms with Crippen LogP contribution in [0, 0.1) is 0 Å². The monoisotopic (exact) mass is 406 g/mol. The molecule has 0 aliphatic heterocycles. The molecular weight excluding hydrogens is 380 g/mol. The van der Waals surface area contributed by atoms with Gasteiger partial charge in [-0.15, -0.1) is 0 Å². The molecule has 150 valence electrons. The van der Waals surface area contributed by atoms with Gasteiger partial charge in [-0.1, -0.05) is 18.2 Å². The van der Waals surface area contributed by atoms with Crippen LogP contribution in [0.2, 0.25) is 0 Å². The predicted octanol–water partition coefficient (Wildman–Crippen LogP) is 4.56. The third kappa shape index (κ3) is 5.93. The molecule has 0 saturated carbocycles. The Labute approximate surface area is 177 Å². The van der Waals surface area contributed by atoms with E-state index >= 15 is 0 Å². The van der Waals surface area contributed by atoms with Crippen molar-refractivity contribution in [2.24, 2.45) is 0 Å². The molecule has 3 aromatic rings. The maximum atomic E-state index is 5.73. The molecule has 1 aromatic heterocycles. The van der Waals surface area contributed by atoms with Crippen molar-refractivity contribution in [2.45, 2.75) is 13.1 Å². The first-order valence-electron chi connectivity index (χ1n) is 9.41. The molecule has 2 aromatic carbocycles. The summed E-state index contributed by atoms with van der Waals surface area (Å²) in [5.41, 5.74) is 4.25. The molecule has 0 aliphatic carbocycles. The Morgan fingerprint density at radius 3 is 2.28 bits per heavy atom. The van der Waals surface area contributed by atoms with Gasteiger partial charge in [-0.05, 0) is 66.3 Å². The third-order valence-electron chi connectivity index (χ3n) is 4.53. The first-order chi connectivity index (χ1) is 14.0. The van der Waals surface area contributed by atoms with Crippen LogP contribution in [0.4, 0.5) is 11.4 Å². The number of anilines is 2. The average molecular weight is 407 g/mol.